The molecule has 0 bridgehead atoms. The second-order valence-electron chi connectivity index (χ2n) is 10.5. The van der Waals surface area contributed by atoms with Gasteiger partial charge in [0, 0.05) is 17.0 Å². The summed E-state index contributed by atoms with van der Waals surface area (Å²) in [5.74, 6) is -0.879. The average Bonchev–Trinajstić information content (AvgIpc) is 3.40. The first-order valence-corrected chi connectivity index (χ1v) is 14.4. The van der Waals surface area contributed by atoms with Crippen LogP contribution >= 0.6 is 0 Å². The normalized spacial score (nSPS) is 12.4. The Kier molecular flexibility index (Phi) is 8.15. The molecule has 1 atom stereocenters. The van der Waals surface area contributed by atoms with E-state index in [0.29, 0.717) is 22.4 Å². The zero-order valence-electron chi connectivity index (χ0n) is 23.9. The van der Waals surface area contributed by atoms with Gasteiger partial charge in [-0.05, 0) is 45.5 Å². The first-order chi connectivity index (χ1) is 21.5. The zero-order chi connectivity index (χ0) is 30.5. The highest BCUT2D eigenvalue weighted by Gasteiger charge is 2.30. The first kappa shape index (κ1) is 28.4. The van der Waals surface area contributed by atoms with Gasteiger partial charge < -0.3 is 15.4 Å². The predicted molar refractivity (Wildman–Crippen MR) is 172 cm³/mol. The molecule has 5 aromatic rings. The van der Waals surface area contributed by atoms with Crippen molar-refractivity contribution in [1.82, 2.24) is 5.32 Å². The number of hydrogen-bond acceptors (Lipinski definition) is 4. The standard InChI is InChI=1S/C38H30N2O4/c1-2-25-21-22-32(36(41)27-15-7-4-8-16-27)34(23-25)39-37(42)35(26-13-5-3-6-14-26)40-38(43)44-24-33-30-19-11-9-17-28(30)29-18-10-12-20-31(29)33/h2-23,33,35H,1,24H2,(H,39,42)(H,40,43)/t35-/m1/s1. The summed E-state index contributed by atoms with van der Waals surface area (Å²) in [7, 11) is 0. The lowest BCUT2D eigenvalue weighted by Gasteiger charge is -2.21. The van der Waals surface area contributed by atoms with Crippen LogP contribution < -0.4 is 10.6 Å². The van der Waals surface area contributed by atoms with Crippen molar-refractivity contribution in [3.63, 3.8) is 0 Å². The molecule has 216 valence electrons. The Labute approximate surface area is 256 Å². The van der Waals surface area contributed by atoms with Crippen LogP contribution in [-0.2, 0) is 9.53 Å². The molecule has 0 radical (unpaired) electrons. The van der Waals surface area contributed by atoms with E-state index in [0.717, 1.165) is 27.8 Å². The maximum atomic E-state index is 13.8. The maximum Gasteiger partial charge on any atom is 0.408 e. The fourth-order valence-electron chi connectivity index (χ4n) is 5.64. The number of ether oxygens (including phenoxy) is 1. The van der Waals surface area contributed by atoms with Gasteiger partial charge in [0.15, 0.2) is 5.78 Å². The summed E-state index contributed by atoms with van der Waals surface area (Å²) in [6.45, 7) is 3.93. The van der Waals surface area contributed by atoms with Crippen molar-refractivity contribution in [3.05, 3.63) is 167 Å². The lowest BCUT2D eigenvalue weighted by Crippen LogP contribution is -2.38. The summed E-state index contributed by atoms with van der Waals surface area (Å²) in [6, 6.07) is 38.0. The summed E-state index contributed by atoms with van der Waals surface area (Å²) in [5.41, 5.74) is 6.86. The van der Waals surface area contributed by atoms with Crippen LogP contribution in [0.2, 0.25) is 0 Å². The number of carbonyl (C=O) groups excluding carboxylic acids is 3. The molecule has 0 fully saturated rings. The monoisotopic (exact) mass is 578 g/mol. The number of alkyl carbamates (subject to hydrolysis) is 1. The van der Waals surface area contributed by atoms with Crippen molar-refractivity contribution in [3.8, 4) is 11.1 Å². The van der Waals surface area contributed by atoms with Crippen molar-refractivity contribution >= 4 is 29.5 Å². The van der Waals surface area contributed by atoms with Crippen molar-refractivity contribution in [2.45, 2.75) is 12.0 Å². The molecular formula is C38H30N2O4. The van der Waals surface area contributed by atoms with Gasteiger partial charge in [-0.2, -0.15) is 0 Å². The molecule has 0 spiro atoms. The molecule has 0 aliphatic heterocycles. The van der Waals surface area contributed by atoms with E-state index in [2.05, 4.69) is 29.3 Å². The smallest absolute Gasteiger partial charge is 0.408 e. The second kappa shape index (κ2) is 12.6. The van der Waals surface area contributed by atoms with Gasteiger partial charge in [0.05, 0.1) is 5.69 Å². The van der Waals surface area contributed by atoms with Crippen LogP contribution in [0.5, 0.6) is 0 Å². The Balaban J connectivity index is 1.23. The van der Waals surface area contributed by atoms with Crippen LogP contribution in [-0.4, -0.2) is 24.4 Å². The SMILES string of the molecule is C=Cc1ccc(C(=O)c2ccccc2)c(NC(=O)[C@H](NC(=O)OCC2c3ccccc3-c3ccccc32)c2ccccc2)c1. The molecular weight excluding hydrogens is 548 g/mol. The van der Waals surface area contributed by atoms with Gasteiger partial charge in [0.2, 0.25) is 0 Å². The number of carbonyl (C=O) groups is 3. The molecule has 6 heteroatoms. The van der Waals surface area contributed by atoms with Crippen molar-refractivity contribution < 1.29 is 19.1 Å². The van der Waals surface area contributed by atoms with Gasteiger partial charge in [-0.25, -0.2) is 4.79 Å². The molecule has 0 heterocycles. The highest BCUT2D eigenvalue weighted by molar-refractivity contribution is 6.14. The van der Waals surface area contributed by atoms with Crippen LogP contribution in [0.15, 0.2) is 134 Å². The highest BCUT2D eigenvalue weighted by Crippen LogP contribution is 2.44. The largest absolute Gasteiger partial charge is 0.449 e. The molecule has 6 rings (SSSR count). The number of hydrogen-bond donors (Lipinski definition) is 2. The number of benzene rings is 5. The number of rotatable bonds is 9. The minimum Gasteiger partial charge on any atom is -0.449 e. The van der Waals surface area contributed by atoms with Crippen molar-refractivity contribution in [2.75, 3.05) is 11.9 Å². The van der Waals surface area contributed by atoms with E-state index in [1.165, 1.54) is 0 Å². The van der Waals surface area contributed by atoms with Crippen LogP contribution in [0.25, 0.3) is 17.2 Å². The fraction of sp³-hybridized carbons (Fsp3) is 0.0789. The number of amides is 2. The van der Waals surface area contributed by atoms with Gasteiger partial charge in [-0.1, -0.05) is 128 Å². The van der Waals surface area contributed by atoms with Gasteiger partial charge in [-0.3, -0.25) is 9.59 Å². The third-order valence-electron chi connectivity index (χ3n) is 7.82. The number of ketones is 1. The van der Waals surface area contributed by atoms with Crippen molar-refractivity contribution in [1.29, 1.82) is 0 Å². The van der Waals surface area contributed by atoms with Gasteiger partial charge >= 0.3 is 6.09 Å². The summed E-state index contributed by atoms with van der Waals surface area (Å²) >= 11 is 0. The third kappa shape index (κ3) is 5.78. The first-order valence-electron chi connectivity index (χ1n) is 14.4. The quantitative estimate of drug-likeness (QED) is 0.175. The minimum atomic E-state index is -1.08. The van der Waals surface area contributed by atoms with Crippen molar-refractivity contribution in [2.24, 2.45) is 0 Å². The molecule has 44 heavy (non-hydrogen) atoms. The van der Waals surface area contributed by atoms with Crippen LogP contribution in [0.1, 0.15) is 50.1 Å². The molecule has 0 unspecified atom stereocenters. The predicted octanol–water partition coefficient (Wildman–Crippen LogP) is 7.78. The Bertz CT molecular complexity index is 1800. The van der Waals surface area contributed by atoms with Gasteiger partial charge in [0.25, 0.3) is 5.91 Å². The zero-order valence-corrected chi connectivity index (χ0v) is 23.9. The molecule has 2 N–H and O–H groups in total. The molecule has 0 saturated heterocycles. The Morgan fingerprint density at radius 2 is 1.34 bits per heavy atom. The lowest BCUT2D eigenvalue weighted by molar-refractivity contribution is -0.118. The molecule has 1 aliphatic rings. The Hall–Kier alpha value is -5.75. The fourth-order valence-corrected chi connectivity index (χ4v) is 5.64. The number of fused-ring (bicyclic) bond motifs is 3. The van der Waals surface area contributed by atoms with E-state index < -0.39 is 18.0 Å². The third-order valence-corrected chi connectivity index (χ3v) is 7.82. The minimum absolute atomic E-state index is 0.111. The number of nitrogens with one attached hydrogen (secondary N) is 2. The van der Waals surface area contributed by atoms with Gasteiger partial charge in [-0.15, -0.1) is 0 Å². The second-order valence-corrected chi connectivity index (χ2v) is 10.5. The number of anilines is 1. The summed E-state index contributed by atoms with van der Waals surface area (Å²) in [6.07, 6.45) is 0.909. The van der Waals surface area contributed by atoms with E-state index in [1.54, 1.807) is 72.8 Å². The Morgan fingerprint density at radius 1 is 0.750 bits per heavy atom. The highest BCUT2D eigenvalue weighted by atomic mass is 16.5. The van der Waals surface area contributed by atoms with E-state index in [4.69, 9.17) is 4.74 Å². The molecule has 0 aromatic heterocycles. The van der Waals surface area contributed by atoms with Crippen LogP contribution in [0.4, 0.5) is 10.5 Å². The molecule has 0 saturated carbocycles. The Morgan fingerprint density at radius 3 is 1.98 bits per heavy atom. The van der Waals surface area contributed by atoms with Crippen LogP contribution in [0.3, 0.4) is 0 Å². The summed E-state index contributed by atoms with van der Waals surface area (Å²) in [4.78, 5) is 40.5. The lowest BCUT2D eigenvalue weighted by atomic mass is 9.98. The van der Waals surface area contributed by atoms with E-state index >= 15 is 0 Å². The van der Waals surface area contributed by atoms with Crippen LogP contribution in [0, 0.1) is 0 Å². The van der Waals surface area contributed by atoms with E-state index in [-0.39, 0.29) is 18.3 Å². The summed E-state index contributed by atoms with van der Waals surface area (Å²) in [5, 5.41) is 5.64. The van der Waals surface area contributed by atoms with Gasteiger partial charge in [0.1, 0.15) is 12.6 Å². The summed E-state index contributed by atoms with van der Waals surface area (Å²) < 4.78 is 5.75. The molecule has 1 aliphatic carbocycles. The van der Waals surface area contributed by atoms with E-state index in [9.17, 15) is 14.4 Å². The topological polar surface area (TPSA) is 84.5 Å². The van der Waals surface area contributed by atoms with E-state index in [1.807, 2.05) is 48.5 Å². The molecule has 5 aromatic carbocycles. The maximum absolute atomic E-state index is 13.8. The average molecular weight is 579 g/mol. The molecule has 2 amide bonds. The molecule has 6 nitrogen and oxygen atoms in total.